The average molecular weight is 250 g/mol. The molecule has 0 fully saturated rings. The molecule has 94 valence electrons. The molecule has 0 amide bonds. The molecule has 0 unspecified atom stereocenters. The number of hydrogen-bond acceptors (Lipinski definition) is 2. The van der Waals surface area contributed by atoms with Gasteiger partial charge in [0.2, 0.25) is 0 Å². The van der Waals surface area contributed by atoms with Crippen molar-refractivity contribution in [3.8, 4) is 0 Å². The first-order chi connectivity index (χ1) is 9.22. The summed E-state index contributed by atoms with van der Waals surface area (Å²) in [5.41, 5.74) is 3.40. The van der Waals surface area contributed by atoms with Crippen molar-refractivity contribution < 1.29 is 0 Å². The van der Waals surface area contributed by atoms with E-state index in [1.165, 1.54) is 5.56 Å². The topological polar surface area (TPSA) is 44.9 Å². The molecule has 0 saturated heterocycles. The zero-order valence-electron chi connectivity index (χ0n) is 10.6. The number of nitrogens with one attached hydrogen (secondary N) is 2. The Labute approximate surface area is 110 Å². The lowest BCUT2D eigenvalue weighted by Gasteiger charge is -2.07. The third-order valence-corrected chi connectivity index (χ3v) is 3.08. The Morgan fingerprint density at radius 1 is 1.00 bits per heavy atom. The molecule has 3 nitrogen and oxygen atoms in total. The van der Waals surface area contributed by atoms with Gasteiger partial charge in [0.25, 0.3) is 5.56 Å². The van der Waals surface area contributed by atoms with E-state index in [2.05, 4.69) is 10.3 Å². The van der Waals surface area contributed by atoms with Gasteiger partial charge in [-0.25, -0.2) is 0 Å². The summed E-state index contributed by atoms with van der Waals surface area (Å²) in [5, 5.41) is 4.16. The zero-order chi connectivity index (χ0) is 13.2. The summed E-state index contributed by atoms with van der Waals surface area (Å²) in [6.45, 7) is 2.03. The minimum atomic E-state index is -0.112. The molecule has 1 aromatic heterocycles. The molecular weight excluding hydrogens is 236 g/mol. The molecule has 3 aromatic rings. The summed E-state index contributed by atoms with van der Waals surface area (Å²) in [6.07, 6.45) is 0. The van der Waals surface area contributed by atoms with Gasteiger partial charge in [-0.2, -0.15) is 0 Å². The van der Waals surface area contributed by atoms with Crippen molar-refractivity contribution >= 4 is 22.3 Å². The molecule has 3 rings (SSSR count). The van der Waals surface area contributed by atoms with E-state index in [1.807, 2.05) is 61.5 Å². The van der Waals surface area contributed by atoms with Gasteiger partial charge in [0.15, 0.2) is 0 Å². The molecule has 0 bridgehead atoms. The van der Waals surface area contributed by atoms with E-state index in [4.69, 9.17) is 0 Å². The number of benzene rings is 2. The van der Waals surface area contributed by atoms with Crippen LogP contribution in [0.5, 0.6) is 0 Å². The Morgan fingerprint density at radius 3 is 2.53 bits per heavy atom. The molecular formula is C16H14N2O. The molecule has 0 radical (unpaired) electrons. The van der Waals surface area contributed by atoms with Crippen LogP contribution in [0.4, 0.5) is 11.4 Å². The third-order valence-electron chi connectivity index (χ3n) is 3.08. The number of aromatic amines is 1. The summed E-state index contributed by atoms with van der Waals surface area (Å²) in [5.74, 6) is 0. The summed E-state index contributed by atoms with van der Waals surface area (Å²) < 4.78 is 0. The maximum Gasteiger partial charge on any atom is 0.272 e. The number of hydrogen-bond donors (Lipinski definition) is 2. The SMILES string of the molecule is Cc1ccc(Nc2cc3ccccc3[nH]c2=O)cc1. The van der Waals surface area contributed by atoms with Crippen LogP contribution in [0.3, 0.4) is 0 Å². The first-order valence-corrected chi connectivity index (χ1v) is 6.18. The second-order valence-corrected chi connectivity index (χ2v) is 4.59. The van der Waals surface area contributed by atoms with E-state index >= 15 is 0 Å². The standard InChI is InChI=1S/C16H14N2O/c1-11-6-8-13(9-7-11)17-15-10-12-4-2-3-5-14(12)18-16(15)19/h2-10,17H,1H3,(H,18,19). The maximum absolute atomic E-state index is 12.0. The van der Waals surface area contributed by atoms with E-state index in [9.17, 15) is 4.79 Å². The van der Waals surface area contributed by atoms with Crippen molar-refractivity contribution in [2.75, 3.05) is 5.32 Å². The van der Waals surface area contributed by atoms with Gasteiger partial charge in [0.1, 0.15) is 5.69 Å². The Balaban J connectivity index is 2.03. The molecule has 0 aliphatic carbocycles. The largest absolute Gasteiger partial charge is 0.351 e. The molecule has 0 atom stereocenters. The van der Waals surface area contributed by atoms with Gasteiger partial charge in [-0.1, -0.05) is 35.9 Å². The number of para-hydroxylation sites is 1. The summed E-state index contributed by atoms with van der Waals surface area (Å²) in [4.78, 5) is 14.9. The number of pyridine rings is 1. The van der Waals surface area contributed by atoms with E-state index < -0.39 is 0 Å². The average Bonchev–Trinajstić information content (AvgIpc) is 2.42. The monoisotopic (exact) mass is 250 g/mol. The number of aromatic nitrogens is 1. The van der Waals surface area contributed by atoms with Crippen molar-refractivity contribution in [2.45, 2.75) is 6.92 Å². The Morgan fingerprint density at radius 2 is 1.74 bits per heavy atom. The molecule has 19 heavy (non-hydrogen) atoms. The van der Waals surface area contributed by atoms with E-state index in [0.29, 0.717) is 5.69 Å². The van der Waals surface area contributed by atoms with E-state index in [1.54, 1.807) is 0 Å². The van der Waals surface area contributed by atoms with Crippen LogP contribution < -0.4 is 10.9 Å². The lowest BCUT2D eigenvalue weighted by atomic mass is 10.2. The Hall–Kier alpha value is -2.55. The summed E-state index contributed by atoms with van der Waals surface area (Å²) in [7, 11) is 0. The number of anilines is 2. The second kappa shape index (κ2) is 4.61. The third kappa shape index (κ3) is 2.36. The van der Waals surface area contributed by atoms with Gasteiger partial charge < -0.3 is 10.3 Å². The van der Waals surface area contributed by atoms with Gasteiger partial charge in [0.05, 0.1) is 0 Å². The first-order valence-electron chi connectivity index (χ1n) is 6.18. The Kier molecular flexibility index (Phi) is 2.80. The van der Waals surface area contributed by atoms with Crippen molar-refractivity contribution in [3.63, 3.8) is 0 Å². The normalized spacial score (nSPS) is 10.6. The first kappa shape index (κ1) is 11.5. The van der Waals surface area contributed by atoms with Gasteiger partial charge in [-0.15, -0.1) is 0 Å². The molecule has 0 aliphatic rings. The highest BCUT2D eigenvalue weighted by Crippen LogP contribution is 2.17. The van der Waals surface area contributed by atoms with Crippen LogP contribution in [-0.4, -0.2) is 4.98 Å². The molecule has 0 saturated carbocycles. The fourth-order valence-electron chi connectivity index (χ4n) is 2.03. The van der Waals surface area contributed by atoms with Crippen LogP contribution >= 0.6 is 0 Å². The number of aryl methyl sites for hydroxylation is 1. The highest BCUT2D eigenvalue weighted by atomic mass is 16.1. The molecule has 1 heterocycles. The van der Waals surface area contributed by atoms with E-state index in [0.717, 1.165) is 16.6 Å². The lowest BCUT2D eigenvalue weighted by molar-refractivity contribution is 1.30. The van der Waals surface area contributed by atoms with Crippen LogP contribution in [0, 0.1) is 6.92 Å². The van der Waals surface area contributed by atoms with Crippen molar-refractivity contribution in [1.82, 2.24) is 4.98 Å². The van der Waals surface area contributed by atoms with Crippen LogP contribution in [0.2, 0.25) is 0 Å². The smallest absolute Gasteiger partial charge is 0.272 e. The molecule has 2 N–H and O–H groups in total. The number of fused-ring (bicyclic) bond motifs is 1. The molecule has 2 aromatic carbocycles. The second-order valence-electron chi connectivity index (χ2n) is 4.59. The minimum absolute atomic E-state index is 0.112. The summed E-state index contributed by atoms with van der Waals surface area (Å²) in [6, 6.07) is 17.6. The zero-order valence-corrected chi connectivity index (χ0v) is 10.6. The highest BCUT2D eigenvalue weighted by molar-refractivity contribution is 5.82. The van der Waals surface area contributed by atoms with Gasteiger partial charge in [0, 0.05) is 16.6 Å². The predicted molar refractivity (Wildman–Crippen MR) is 79.0 cm³/mol. The fraction of sp³-hybridized carbons (Fsp3) is 0.0625. The van der Waals surface area contributed by atoms with Crippen molar-refractivity contribution in [2.24, 2.45) is 0 Å². The van der Waals surface area contributed by atoms with Gasteiger partial charge in [-0.05, 0) is 31.2 Å². The van der Waals surface area contributed by atoms with Crippen LogP contribution in [0.1, 0.15) is 5.56 Å². The summed E-state index contributed by atoms with van der Waals surface area (Å²) >= 11 is 0. The van der Waals surface area contributed by atoms with E-state index in [-0.39, 0.29) is 5.56 Å². The minimum Gasteiger partial charge on any atom is -0.351 e. The molecule has 3 heteroatoms. The number of H-pyrrole nitrogens is 1. The van der Waals surface area contributed by atoms with Crippen LogP contribution in [0.25, 0.3) is 10.9 Å². The van der Waals surface area contributed by atoms with Crippen molar-refractivity contribution in [3.05, 3.63) is 70.5 Å². The highest BCUT2D eigenvalue weighted by Gasteiger charge is 2.02. The predicted octanol–water partition coefficient (Wildman–Crippen LogP) is 3.58. The Bertz CT molecular complexity index is 773. The number of rotatable bonds is 2. The maximum atomic E-state index is 12.0. The quantitative estimate of drug-likeness (QED) is 0.730. The molecule has 0 aliphatic heterocycles. The van der Waals surface area contributed by atoms with Gasteiger partial charge >= 0.3 is 0 Å². The van der Waals surface area contributed by atoms with Gasteiger partial charge in [-0.3, -0.25) is 4.79 Å². The fourth-order valence-corrected chi connectivity index (χ4v) is 2.03. The molecule has 0 spiro atoms. The van der Waals surface area contributed by atoms with Crippen LogP contribution in [0.15, 0.2) is 59.4 Å². The van der Waals surface area contributed by atoms with Crippen LogP contribution in [-0.2, 0) is 0 Å². The lowest BCUT2D eigenvalue weighted by Crippen LogP contribution is -2.11. The van der Waals surface area contributed by atoms with Crippen molar-refractivity contribution in [1.29, 1.82) is 0 Å².